The Morgan fingerprint density at radius 1 is 1.26 bits per heavy atom. The van der Waals surface area contributed by atoms with Crippen LogP contribution in [0.3, 0.4) is 0 Å². The largest absolute Gasteiger partial charge is 0.508 e. The van der Waals surface area contributed by atoms with Crippen LogP contribution in [0.5, 0.6) is 5.75 Å². The zero-order chi connectivity index (χ0) is 27.9. The maximum Gasteiger partial charge on any atom is 0.227 e. The summed E-state index contributed by atoms with van der Waals surface area (Å²) in [7, 11) is 3.01. The molecule has 4 rings (SSSR count). The summed E-state index contributed by atoms with van der Waals surface area (Å²) in [6.45, 7) is 2.07. The van der Waals surface area contributed by atoms with Gasteiger partial charge < -0.3 is 41.1 Å². The van der Waals surface area contributed by atoms with Gasteiger partial charge in [0.1, 0.15) is 11.5 Å². The van der Waals surface area contributed by atoms with Crippen molar-refractivity contribution in [3.8, 4) is 5.75 Å². The summed E-state index contributed by atoms with van der Waals surface area (Å²) in [5, 5.41) is 47.6. The maximum absolute atomic E-state index is 14.0. The van der Waals surface area contributed by atoms with Crippen LogP contribution in [0.25, 0.3) is 0 Å². The number of nitrogens with two attached hydrogens (primary N) is 1. The fourth-order valence-corrected chi connectivity index (χ4v) is 6.33. The first kappa shape index (κ1) is 27.9. The molecular formula is C27H37N3O8. The Kier molecular flexibility index (Phi) is 7.74. The van der Waals surface area contributed by atoms with Gasteiger partial charge in [0.05, 0.1) is 29.9 Å². The lowest BCUT2D eigenvalue weighted by molar-refractivity contribution is -0.161. The average molecular weight is 532 g/mol. The second-order valence-corrected chi connectivity index (χ2v) is 10.5. The highest BCUT2D eigenvalue weighted by Gasteiger charge is 2.59. The third-order valence-electron chi connectivity index (χ3n) is 8.50. The number of Topliss-reactive ketones (excluding diaryl/α,β-unsaturated/α-hetero) is 2. The van der Waals surface area contributed by atoms with Gasteiger partial charge in [0.2, 0.25) is 5.91 Å². The van der Waals surface area contributed by atoms with Crippen LogP contribution in [0.15, 0.2) is 17.4 Å². The average Bonchev–Trinajstić information content (AvgIpc) is 2.91. The Morgan fingerprint density at radius 3 is 2.47 bits per heavy atom. The van der Waals surface area contributed by atoms with E-state index in [0.29, 0.717) is 16.9 Å². The van der Waals surface area contributed by atoms with Crippen LogP contribution in [0.2, 0.25) is 0 Å². The molecule has 0 saturated carbocycles. The molecule has 5 atom stereocenters. The van der Waals surface area contributed by atoms with Crippen molar-refractivity contribution in [2.75, 3.05) is 44.1 Å². The van der Waals surface area contributed by atoms with E-state index in [0.717, 1.165) is 32.4 Å². The number of hydrogen-bond donors (Lipinski definition) is 6. The van der Waals surface area contributed by atoms with Crippen molar-refractivity contribution in [3.05, 3.63) is 28.5 Å². The number of methoxy groups -OCH3 is 1. The molecule has 1 amide bonds. The van der Waals surface area contributed by atoms with Gasteiger partial charge in [0, 0.05) is 44.4 Å². The van der Waals surface area contributed by atoms with Crippen molar-refractivity contribution in [2.45, 2.75) is 50.7 Å². The lowest BCUT2D eigenvalue weighted by atomic mass is 9.61. The number of primary amides is 1. The number of ketones is 2. The number of allylic oxidation sites excluding steroid dienone is 1. The molecule has 0 spiro atoms. The fourth-order valence-electron chi connectivity index (χ4n) is 6.33. The van der Waals surface area contributed by atoms with Gasteiger partial charge in [0.15, 0.2) is 17.2 Å². The molecule has 0 aromatic heterocycles. The number of ether oxygens (including phenoxy) is 1. The van der Waals surface area contributed by atoms with Crippen LogP contribution >= 0.6 is 0 Å². The molecule has 1 aromatic rings. The van der Waals surface area contributed by atoms with Gasteiger partial charge in [-0.05, 0) is 56.6 Å². The highest BCUT2D eigenvalue weighted by Crippen LogP contribution is 2.52. The number of nitrogens with zero attached hydrogens (tertiary/aromatic N) is 1. The Balaban J connectivity index is 1.91. The molecule has 208 valence electrons. The number of piperidine rings is 1. The predicted octanol–water partition coefficient (Wildman–Crippen LogP) is 1.04. The minimum Gasteiger partial charge on any atom is -0.508 e. The van der Waals surface area contributed by atoms with E-state index >= 15 is 0 Å². The number of anilines is 2. The number of amides is 1. The highest BCUT2D eigenvalue weighted by molar-refractivity contribution is 6.16. The number of benzene rings is 1. The summed E-state index contributed by atoms with van der Waals surface area (Å²) >= 11 is 0. The highest BCUT2D eigenvalue weighted by atomic mass is 16.5. The summed E-state index contributed by atoms with van der Waals surface area (Å²) in [6.07, 6.45) is 2.12. The van der Waals surface area contributed by atoms with Crippen molar-refractivity contribution in [1.82, 2.24) is 0 Å². The van der Waals surface area contributed by atoms with Crippen molar-refractivity contribution in [3.63, 3.8) is 0 Å². The van der Waals surface area contributed by atoms with Crippen molar-refractivity contribution in [2.24, 2.45) is 23.5 Å². The number of aromatic hydroxyl groups is 1. The molecule has 0 bridgehead atoms. The SMILES string of the molecule is CNc1cc(N2CCCCC2)c(O)c2c1C[C@H]1CC([C@@H](CO)OC)[C@@](O)(C(=O)C(C)C(N)=O)C(O)=C1C2=O. The molecule has 1 aliphatic heterocycles. The van der Waals surface area contributed by atoms with Crippen LogP contribution in [0, 0.1) is 17.8 Å². The van der Waals surface area contributed by atoms with Crippen LogP contribution in [0.4, 0.5) is 11.4 Å². The maximum atomic E-state index is 14.0. The molecule has 1 saturated heterocycles. The van der Waals surface area contributed by atoms with Gasteiger partial charge in [-0.2, -0.15) is 0 Å². The third-order valence-corrected chi connectivity index (χ3v) is 8.50. The van der Waals surface area contributed by atoms with Crippen LogP contribution < -0.4 is 16.0 Å². The zero-order valence-electron chi connectivity index (χ0n) is 22.0. The van der Waals surface area contributed by atoms with E-state index in [1.807, 2.05) is 11.0 Å². The Labute approximate surface area is 221 Å². The van der Waals surface area contributed by atoms with E-state index in [1.54, 1.807) is 7.05 Å². The topological polar surface area (TPSA) is 183 Å². The molecule has 0 radical (unpaired) electrons. The first-order valence-corrected chi connectivity index (χ1v) is 13.0. The van der Waals surface area contributed by atoms with Crippen molar-refractivity contribution in [1.29, 1.82) is 0 Å². The van der Waals surface area contributed by atoms with Crippen molar-refractivity contribution < 1.29 is 39.5 Å². The molecule has 38 heavy (non-hydrogen) atoms. The first-order valence-electron chi connectivity index (χ1n) is 13.0. The lowest BCUT2D eigenvalue weighted by Crippen LogP contribution is -2.60. The zero-order valence-corrected chi connectivity index (χ0v) is 22.0. The molecule has 1 heterocycles. The minimum absolute atomic E-state index is 0.00481. The third kappa shape index (κ3) is 4.22. The normalized spacial score (nSPS) is 26.9. The number of aliphatic hydroxyl groups excluding tert-OH is 2. The summed E-state index contributed by atoms with van der Waals surface area (Å²) in [5.41, 5.74) is 4.17. The van der Waals surface area contributed by atoms with Gasteiger partial charge in [-0.3, -0.25) is 14.4 Å². The monoisotopic (exact) mass is 531 g/mol. The smallest absolute Gasteiger partial charge is 0.227 e. The van der Waals surface area contributed by atoms with Gasteiger partial charge in [0.25, 0.3) is 0 Å². The molecule has 1 aromatic carbocycles. The number of rotatable bonds is 8. The summed E-state index contributed by atoms with van der Waals surface area (Å²) in [5.74, 6) is -7.20. The summed E-state index contributed by atoms with van der Waals surface area (Å²) in [6, 6.07) is 1.82. The molecule has 11 nitrogen and oxygen atoms in total. The van der Waals surface area contributed by atoms with Crippen LogP contribution in [-0.2, 0) is 20.7 Å². The second kappa shape index (κ2) is 10.5. The van der Waals surface area contributed by atoms with E-state index in [1.165, 1.54) is 14.0 Å². The lowest BCUT2D eigenvalue weighted by Gasteiger charge is -2.46. The Morgan fingerprint density at radius 2 is 1.92 bits per heavy atom. The molecule has 3 aliphatic rings. The standard InChI is InChI=1S/C27H37N3O8/c1-13(26(28)36)24(34)27(37)16(19(12-31)38-3)10-14-9-15-17(29-2)11-18(30-7-5-4-6-8-30)22(32)21(15)23(33)20(14)25(27)35/h11,13-14,16,19,29,31-32,35,37H,4-10,12H2,1-3H3,(H2,28,36)/t13?,14-,16?,19+,27+/m0/s1. The molecule has 7 N–H and O–H groups in total. The van der Waals surface area contributed by atoms with E-state index in [9.17, 15) is 34.8 Å². The number of aliphatic hydroxyl groups is 3. The van der Waals surface area contributed by atoms with Gasteiger partial charge in [-0.15, -0.1) is 0 Å². The number of carbonyl (C=O) groups is 3. The number of phenols is 1. The molecular weight excluding hydrogens is 494 g/mol. The van der Waals surface area contributed by atoms with Crippen LogP contribution in [0.1, 0.15) is 48.5 Å². The number of carbonyl (C=O) groups excluding carboxylic acids is 3. The van der Waals surface area contributed by atoms with E-state index in [4.69, 9.17) is 10.5 Å². The molecule has 2 unspecified atom stereocenters. The van der Waals surface area contributed by atoms with E-state index in [-0.39, 0.29) is 29.7 Å². The second-order valence-electron chi connectivity index (χ2n) is 10.5. The first-order chi connectivity index (χ1) is 18.0. The molecule has 2 aliphatic carbocycles. The molecule has 1 fully saturated rings. The predicted molar refractivity (Wildman–Crippen MR) is 139 cm³/mol. The van der Waals surface area contributed by atoms with E-state index in [2.05, 4.69) is 5.32 Å². The Bertz CT molecular complexity index is 1170. The number of hydrogen-bond acceptors (Lipinski definition) is 10. The molecule has 11 heteroatoms. The fraction of sp³-hybridized carbons (Fsp3) is 0.593. The van der Waals surface area contributed by atoms with Gasteiger partial charge >= 0.3 is 0 Å². The quantitative estimate of drug-likeness (QED) is 0.209. The van der Waals surface area contributed by atoms with Crippen LogP contribution in [-0.4, -0.2) is 83.5 Å². The number of fused-ring (bicyclic) bond motifs is 2. The van der Waals surface area contributed by atoms with Gasteiger partial charge in [-0.1, -0.05) is 0 Å². The number of nitrogens with one attached hydrogen (secondary N) is 1. The number of phenolic OH excluding ortho intramolecular Hbond substituents is 1. The summed E-state index contributed by atoms with van der Waals surface area (Å²) in [4.78, 5) is 41.3. The van der Waals surface area contributed by atoms with Crippen molar-refractivity contribution >= 4 is 28.8 Å². The van der Waals surface area contributed by atoms with Gasteiger partial charge in [-0.25, -0.2) is 0 Å². The minimum atomic E-state index is -2.71. The summed E-state index contributed by atoms with van der Waals surface area (Å²) < 4.78 is 5.34. The van der Waals surface area contributed by atoms with E-state index < -0.39 is 59.3 Å². The Hall–Kier alpha value is -3.15.